The molecule has 2 aromatic rings. The van der Waals surface area contributed by atoms with Crippen LogP contribution in [0.5, 0.6) is 0 Å². The van der Waals surface area contributed by atoms with Gasteiger partial charge in [0, 0.05) is 11.4 Å². The first kappa shape index (κ1) is 18.0. The fraction of sp³-hybridized carbons (Fsp3) is 0.188. The van der Waals surface area contributed by atoms with Gasteiger partial charge in [-0.3, -0.25) is 25.2 Å². The molecule has 0 aliphatic rings. The monoisotopic (exact) mass is 365 g/mol. The number of alkyl halides is 1. The molecule has 6 nitrogen and oxygen atoms in total. The first-order valence-corrected chi connectivity index (χ1v) is 8.48. The van der Waals surface area contributed by atoms with Gasteiger partial charge in [0.25, 0.3) is 17.7 Å². The van der Waals surface area contributed by atoms with E-state index in [9.17, 15) is 14.4 Å². The van der Waals surface area contributed by atoms with Gasteiger partial charge in [0.15, 0.2) is 0 Å². The molecule has 1 heterocycles. The van der Waals surface area contributed by atoms with Crippen molar-refractivity contribution in [2.45, 2.75) is 12.8 Å². The second-order valence-corrected chi connectivity index (χ2v) is 6.18. The van der Waals surface area contributed by atoms with Crippen LogP contribution in [-0.2, 0) is 10.7 Å². The molecule has 0 aliphatic carbocycles. The van der Waals surface area contributed by atoms with Crippen molar-refractivity contribution in [1.29, 1.82) is 0 Å². The number of thiophene rings is 1. The fourth-order valence-electron chi connectivity index (χ4n) is 1.79. The molecular weight excluding hydrogens is 350 g/mol. The standard InChI is InChI=1S/C16H16ClN3O3S/c1-10-6-13(24-9-10)16(23)18-8-14(21)19-20-15(22)12-4-2-11(7-17)3-5-12/h2-6,9H,7-8H2,1H3,(H,18,23)(H,19,21)(H,20,22). The molecule has 2 rings (SSSR count). The van der Waals surface area contributed by atoms with Crippen LogP contribution in [-0.4, -0.2) is 24.3 Å². The van der Waals surface area contributed by atoms with Crippen molar-refractivity contribution in [3.05, 3.63) is 57.3 Å². The second kappa shape index (κ2) is 8.47. The Hall–Kier alpha value is -2.38. The molecule has 126 valence electrons. The van der Waals surface area contributed by atoms with Crippen LogP contribution in [0.2, 0.25) is 0 Å². The molecular formula is C16H16ClN3O3S. The molecule has 0 saturated carbocycles. The summed E-state index contributed by atoms with van der Waals surface area (Å²) in [6, 6.07) is 8.42. The molecule has 0 saturated heterocycles. The van der Waals surface area contributed by atoms with E-state index in [-0.39, 0.29) is 12.5 Å². The van der Waals surface area contributed by atoms with Gasteiger partial charge in [-0.25, -0.2) is 0 Å². The van der Waals surface area contributed by atoms with Crippen molar-refractivity contribution in [2.75, 3.05) is 6.54 Å². The molecule has 0 bridgehead atoms. The highest BCUT2D eigenvalue weighted by atomic mass is 35.5. The quantitative estimate of drug-likeness (QED) is 0.559. The van der Waals surface area contributed by atoms with Crippen molar-refractivity contribution in [3.63, 3.8) is 0 Å². The summed E-state index contributed by atoms with van der Waals surface area (Å²) in [6.45, 7) is 1.65. The SMILES string of the molecule is Cc1csc(C(=O)NCC(=O)NNC(=O)c2ccc(CCl)cc2)c1. The Morgan fingerprint density at radius 1 is 1.08 bits per heavy atom. The maximum atomic E-state index is 11.9. The third-order valence-corrected chi connectivity index (χ3v) is 4.41. The molecule has 0 atom stereocenters. The van der Waals surface area contributed by atoms with E-state index in [4.69, 9.17) is 11.6 Å². The number of rotatable bonds is 5. The van der Waals surface area contributed by atoms with E-state index in [2.05, 4.69) is 16.2 Å². The average molecular weight is 366 g/mol. The van der Waals surface area contributed by atoms with Crippen molar-refractivity contribution < 1.29 is 14.4 Å². The summed E-state index contributed by atoms with van der Waals surface area (Å²) >= 11 is 6.98. The van der Waals surface area contributed by atoms with E-state index in [1.54, 1.807) is 30.3 Å². The van der Waals surface area contributed by atoms with Crippen LogP contribution in [0.1, 0.15) is 31.2 Å². The summed E-state index contributed by atoms with van der Waals surface area (Å²) < 4.78 is 0. The minimum Gasteiger partial charge on any atom is -0.342 e. The van der Waals surface area contributed by atoms with E-state index in [0.717, 1.165) is 11.1 Å². The van der Waals surface area contributed by atoms with Gasteiger partial charge in [-0.1, -0.05) is 12.1 Å². The summed E-state index contributed by atoms with van der Waals surface area (Å²) in [7, 11) is 0. The normalized spacial score (nSPS) is 10.1. The Morgan fingerprint density at radius 3 is 2.38 bits per heavy atom. The Morgan fingerprint density at radius 2 is 1.79 bits per heavy atom. The molecule has 0 unspecified atom stereocenters. The highest BCUT2D eigenvalue weighted by Gasteiger charge is 2.11. The lowest BCUT2D eigenvalue weighted by Crippen LogP contribution is -2.46. The van der Waals surface area contributed by atoms with Crippen molar-refractivity contribution in [2.24, 2.45) is 0 Å². The van der Waals surface area contributed by atoms with Crippen LogP contribution in [0.3, 0.4) is 0 Å². The zero-order valence-electron chi connectivity index (χ0n) is 12.9. The van der Waals surface area contributed by atoms with Crippen LogP contribution < -0.4 is 16.2 Å². The summed E-state index contributed by atoms with van der Waals surface area (Å²) in [6.07, 6.45) is 0. The predicted molar refractivity (Wildman–Crippen MR) is 93.0 cm³/mol. The fourth-order valence-corrected chi connectivity index (χ4v) is 2.78. The number of nitrogens with one attached hydrogen (secondary N) is 3. The Labute approximate surface area is 148 Å². The lowest BCUT2D eigenvalue weighted by Gasteiger charge is -2.08. The van der Waals surface area contributed by atoms with Gasteiger partial charge in [-0.15, -0.1) is 22.9 Å². The zero-order valence-corrected chi connectivity index (χ0v) is 14.5. The Bertz CT molecular complexity index is 743. The largest absolute Gasteiger partial charge is 0.342 e. The molecule has 1 aromatic heterocycles. The lowest BCUT2D eigenvalue weighted by atomic mass is 10.1. The topological polar surface area (TPSA) is 87.3 Å². The highest BCUT2D eigenvalue weighted by Crippen LogP contribution is 2.12. The molecule has 8 heteroatoms. The number of halogens is 1. The van der Waals surface area contributed by atoms with Crippen LogP contribution in [0.15, 0.2) is 35.7 Å². The summed E-state index contributed by atoms with van der Waals surface area (Å²) in [5, 5.41) is 4.34. The van der Waals surface area contributed by atoms with Gasteiger partial charge in [0.05, 0.1) is 11.4 Å². The van der Waals surface area contributed by atoms with E-state index in [1.807, 2.05) is 12.3 Å². The first-order chi connectivity index (χ1) is 11.5. The number of aryl methyl sites for hydroxylation is 1. The molecule has 24 heavy (non-hydrogen) atoms. The minimum atomic E-state index is -0.526. The second-order valence-electron chi connectivity index (χ2n) is 5.00. The number of carbonyl (C=O) groups is 3. The van der Waals surface area contributed by atoms with Gasteiger partial charge in [0.1, 0.15) is 0 Å². The Kier molecular flexibility index (Phi) is 6.34. The number of carbonyl (C=O) groups excluding carboxylic acids is 3. The lowest BCUT2D eigenvalue weighted by molar-refractivity contribution is -0.120. The molecule has 0 radical (unpaired) electrons. The van der Waals surface area contributed by atoms with Crippen LogP contribution >= 0.6 is 22.9 Å². The smallest absolute Gasteiger partial charge is 0.269 e. The third-order valence-electron chi connectivity index (χ3n) is 3.05. The van der Waals surface area contributed by atoms with Gasteiger partial charge >= 0.3 is 0 Å². The van der Waals surface area contributed by atoms with Gasteiger partial charge in [-0.2, -0.15) is 0 Å². The van der Waals surface area contributed by atoms with E-state index >= 15 is 0 Å². The molecule has 3 amide bonds. The maximum Gasteiger partial charge on any atom is 0.269 e. The summed E-state index contributed by atoms with van der Waals surface area (Å²) in [5.41, 5.74) is 6.80. The number of amides is 3. The summed E-state index contributed by atoms with van der Waals surface area (Å²) in [5.74, 6) is -0.944. The van der Waals surface area contributed by atoms with Gasteiger partial charge in [-0.05, 0) is 41.6 Å². The molecule has 0 aliphatic heterocycles. The van der Waals surface area contributed by atoms with Gasteiger partial charge < -0.3 is 5.32 Å². The zero-order chi connectivity index (χ0) is 17.5. The van der Waals surface area contributed by atoms with Crippen LogP contribution in [0.4, 0.5) is 0 Å². The number of hydrazine groups is 1. The minimum absolute atomic E-state index is 0.235. The highest BCUT2D eigenvalue weighted by molar-refractivity contribution is 7.12. The molecule has 1 aromatic carbocycles. The first-order valence-electron chi connectivity index (χ1n) is 7.07. The van der Waals surface area contributed by atoms with E-state index in [1.165, 1.54) is 11.3 Å². The van der Waals surface area contributed by atoms with E-state index < -0.39 is 11.8 Å². The average Bonchev–Trinajstić information content (AvgIpc) is 3.04. The Balaban J connectivity index is 1.76. The van der Waals surface area contributed by atoms with Crippen molar-refractivity contribution in [1.82, 2.24) is 16.2 Å². The van der Waals surface area contributed by atoms with Crippen LogP contribution in [0.25, 0.3) is 0 Å². The van der Waals surface area contributed by atoms with Gasteiger partial charge in [0.2, 0.25) is 0 Å². The molecule has 3 N–H and O–H groups in total. The third kappa shape index (κ3) is 5.07. The summed E-state index contributed by atoms with van der Waals surface area (Å²) in [4.78, 5) is 35.9. The van der Waals surface area contributed by atoms with Crippen molar-refractivity contribution >= 4 is 40.7 Å². The number of hydrogen-bond acceptors (Lipinski definition) is 4. The van der Waals surface area contributed by atoms with E-state index in [0.29, 0.717) is 16.3 Å². The van der Waals surface area contributed by atoms with Crippen LogP contribution in [0, 0.1) is 6.92 Å². The molecule has 0 fully saturated rings. The predicted octanol–water partition coefficient (Wildman–Crippen LogP) is 1.99. The maximum absolute atomic E-state index is 11.9. The number of hydrogen-bond donors (Lipinski definition) is 3. The van der Waals surface area contributed by atoms with Crippen molar-refractivity contribution in [3.8, 4) is 0 Å². The molecule has 0 spiro atoms. The number of benzene rings is 1.